The van der Waals surface area contributed by atoms with Gasteiger partial charge in [-0.3, -0.25) is 0 Å². The molecule has 0 aliphatic rings. The Morgan fingerprint density at radius 2 is 1.46 bits per heavy atom. The van der Waals surface area contributed by atoms with Crippen LogP contribution in [-0.2, 0) is 0 Å². The van der Waals surface area contributed by atoms with E-state index in [9.17, 15) is 4.79 Å². The number of carboxylic acids is 1. The minimum Gasteiger partial charge on any atom is -0.478 e. The van der Waals surface area contributed by atoms with Gasteiger partial charge >= 0.3 is 5.97 Å². The summed E-state index contributed by atoms with van der Waals surface area (Å²) in [7, 11) is 0. The van der Waals surface area contributed by atoms with Gasteiger partial charge in [0.2, 0.25) is 0 Å². The Morgan fingerprint density at radius 3 is 1.77 bits per heavy atom. The van der Waals surface area contributed by atoms with E-state index in [1.54, 1.807) is 0 Å². The fraction of sp³-hybridized carbons (Fsp3) is 0. The number of carbonyl (C=O) groups is 1. The average molecular weight is 260 g/mol. The molecule has 0 aromatic heterocycles. The first-order valence-electron chi connectivity index (χ1n) is 3.01. The first kappa shape index (κ1) is 10.9. The molecule has 0 atom stereocenters. The molecule has 1 N–H and O–H groups in total. The molecule has 6 heteroatoms. The predicted molar refractivity (Wildman–Crippen MR) is 53.4 cm³/mol. The van der Waals surface area contributed by atoms with Crippen LogP contribution >= 0.6 is 46.4 Å². The molecule has 0 radical (unpaired) electrons. The summed E-state index contributed by atoms with van der Waals surface area (Å²) >= 11 is 22.4. The highest BCUT2D eigenvalue weighted by Crippen LogP contribution is 2.36. The number of hydrogen-bond donors (Lipinski definition) is 1. The van der Waals surface area contributed by atoms with Gasteiger partial charge in [0.15, 0.2) is 0 Å². The molecule has 0 spiro atoms. The van der Waals surface area contributed by atoms with Crippen molar-refractivity contribution in [1.29, 1.82) is 0 Å². The molecular weight excluding hydrogens is 258 g/mol. The topological polar surface area (TPSA) is 37.3 Å². The Bertz CT molecular complexity index is 349. The molecule has 0 bridgehead atoms. The molecule has 0 amide bonds. The predicted octanol–water partition coefficient (Wildman–Crippen LogP) is 4.00. The van der Waals surface area contributed by atoms with Crippen LogP contribution in [0.3, 0.4) is 0 Å². The van der Waals surface area contributed by atoms with E-state index in [2.05, 4.69) is 0 Å². The Labute approximate surface area is 94.0 Å². The zero-order valence-corrected chi connectivity index (χ0v) is 8.97. The number of carboxylic acid groups (broad SMARTS) is 1. The van der Waals surface area contributed by atoms with E-state index in [1.165, 1.54) is 6.07 Å². The van der Waals surface area contributed by atoms with Crippen molar-refractivity contribution in [3.05, 3.63) is 31.7 Å². The van der Waals surface area contributed by atoms with Gasteiger partial charge in [-0.1, -0.05) is 46.4 Å². The molecular formula is C7H2Cl4O2. The molecule has 13 heavy (non-hydrogen) atoms. The van der Waals surface area contributed by atoms with Gasteiger partial charge in [0.1, 0.15) is 0 Å². The molecule has 2 nitrogen and oxygen atoms in total. The first-order chi connectivity index (χ1) is 5.95. The van der Waals surface area contributed by atoms with Gasteiger partial charge in [0.05, 0.1) is 25.7 Å². The van der Waals surface area contributed by atoms with Gasteiger partial charge in [-0.25, -0.2) is 4.79 Å². The Morgan fingerprint density at radius 1 is 1.08 bits per heavy atom. The van der Waals surface area contributed by atoms with Crippen molar-refractivity contribution in [2.75, 3.05) is 0 Å². The molecule has 0 aliphatic carbocycles. The summed E-state index contributed by atoms with van der Waals surface area (Å²) in [4.78, 5) is 10.7. The fourth-order valence-corrected chi connectivity index (χ4v) is 1.73. The fourth-order valence-electron chi connectivity index (χ4n) is 0.761. The van der Waals surface area contributed by atoms with Crippen LogP contribution < -0.4 is 0 Å². The van der Waals surface area contributed by atoms with E-state index < -0.39 is 5.97 Å². The van der Waals surface area contributed by atoms with Gasteiger partial charge in [0, 0.05) is 0 Å². The molecule has 1 aromatic rings. The number of hydrogen-bond acceptors (Lipinski definition) is 1. The average Bonchev–Trinajstić information content (AvgIpc) is 2.01. The summed E-state index contributed by atoms with van der Waals surface area (Å²) < 4.78 is 0. The number of benzene rings is 1. The highest BCUT2D eigenvalue weighted by Gasteiger charge is 2.19. The van der Waals surface area contributed by atoms with Crippen LogP contribution in [0, 0.1) is 0 Å². The molecule has 1 rings (SSSR count). The Balaban J connectivity index is 3.56. The van der Waals surface area contributed by atoms with Gasteiger partial charge < -0.3 is 5.11 Å². The van der Waals surface area contributed by atoms with Crippen molar-refractivity contribution in [2.45, 2.75) is 0 Å². The lowest BCUT2D eigenvalue weighted by Crippen LogP contribution is -1.99. The Hall–Kier alpha value is -0.150. The van der Waals surface area contributed by atoms with Crippen LogP contribution in [0.25, 0.3) is 0 Å². The summed E-state index contributed by atoms with van der Waals surface area (Å²) in [5, 5.41) is 8.62. The number of aromatic carboxylic acids is 1. The summed E-state index contributed by atoms with van der Waals surface area (Å²) in [6.07, 6.45) is 0. The maximum absolute atomic E-state index is 10.7. The van der Waals surface area contributed by atoms with Crippen molar-refractivity contribution < 1.29 is 9.90 Å². The third kappa shape index (κ3) is 2.02. The van der Waals surface area contributed by atoms with Gasteiger partial charge in [-0.05, 0) is 6.07 Å². The second kappa shape index (κ2) is 3.93. The van der Waals surface area contributed by atoms with Crippen LogP contribution in [-0.4, -0.2) is 11.1 Å². The van der Waals surface area contributed by atoms with Crippen LogP contribution in [0.15, 0.2) is 6.07 Å². The second-order valence-corrected chi connectivity index (χ2v) is 3.72. The highest BCUT2D eigenvalue weighted by molar-refractivity contribution is 6.49. The standard InChI is InChI=1S/C7H2Cl4O2/c8-2-1-3(9)6(11)4(5(2)10)7(12)13/h1H,(H,12,13). The van der Waals surface area contributed by atoms with Crippen molar-refractivity contribution in [3.63, 3.8) is 0 Å². The summed E-state index contributed by atoms with van der Waals surface area (Å²) in [6.45, 7) is 0. The van der Waals surface area contributed by atoms with E-state index >= 15 is 0 Å². The minimum atomic E-state index is -1.26. The van der Waals surface area contributed by atoms with E-state index in [-0.39, 0.29) is 25.7 Å². The number of halogens is 4. The van der Waals surface area contributed by atoms with Crippen molar-refractivity contribution in [3.8, 4) is 0 Å². The molecule has 70 valence electrons. The molecule has 1 aromatic carbocycles. The van der Waals surface area contributed by atoms with Crippen LogP contribution in [0.4, 0.5) is 0 Å². The lowest BCUT2D eigenvalue weighted by molar-refractivity contribution is 0.0697. The number of rotatable bonds is 1. The highest BCUT2D eigenvalue weighted by atomic mass is 35.5. The van der Waals surface area contributed by atoms with Crippen molar-refractivity contribution in [1.82, 2.24) is 0 Å². The lowest BCUT2D eigenvalue weighted by atomic mass is 10.2. The summed E-state index contributed by atoms with van der Waals surface area (Å²) in [6, 6.07) is 1.29. The van der Waals surface area contributed by atoms with Crippen LogP contribution in [0.2, 0.25) is 20.1 Å². The molecule has 0 saturated carbocycles. The molecule has 0 unspecified atom stereocenters. The quantitative estimate of drug-likeness (QED) is 0.774. The molecule has 0 aliphatic heterocycles. The van der Waals surface area contributed by atoms with E-state index in [4.69, 9.17) is 51.5 Å². The molecule has 0 saturated heterocycles. The first-order valence-corrected chi connectivity index (χ1v) is 4.52. The Kier molecular flexibility index (Phi) is 3.30. The maximum Gasteiger partial charge on any atom is 0.338 e. The lowest BCUT2D eigenvalue weighted by Gasteiger charge is -2.05. The van der Waals surface area contributed by atoms with E-state index in [0.29, 0.717) is 0 Å². The zero-order valence-electron chi connectivity index (χ0n) is 5.94. The minimum absolute atomic E-state index is 0.0634. The van der Waals surface area contributed by atoms with Gasteiger partial charge in [-0.15, -0.1) is 0 Å². The zero-order chi connectivity index (χ0) is 10.2. The smallest absolute Gasteiger partial charge is 0.338 e. The van der Waals surface area contributed by atoms with Crippen LogP contribution in [0.1, 0.15) is 10.4 Å². The van der Waals surface area contributed by atoms with E-state index in [1.807, 2.05) is 0 Å². The maximum atomic E-state index is 10.7. The largest absolute Gasteiger partial charge is 0.478 e. The SMILES string of the molecule is O=C(O)c1c(Cl)c(Cl)cc(Cl)c1Cl. The molecule has 0 heterocycles. The normalized spacial score (nSPS) is 10.2. The summed E-state index contributed by atoms with van der Waals surface area (Å²) in [5.41, 5.74) is -0.277. The van der Waals surface area contributed by atoms with Gasteiger partial charge in [0.25, 0.3) is 0 Å². The van der Waals surface area contributed by atoms with Gasteiger partial charge in [-0.2, -0.15) is 0 Å². The third-order valence-corrected chi connectivity index (χ3v) is 2.90. The third-order valence-electron chi connectivity index (χ3n) is 1.33. The van der Waals surface area contributed by atoms with Crippen molar-refractivity contribution >= 4 is 52.4 Å². The van der Waals surface area contributed by atoms with Crippen molar-refractivity contribution in [2.24, 2.45) is 0 Å². The monoisotopic (exact) mass is 258 g/mol. The van der Waals surface area contributed by atoms with Crippen LogP contribution in [0.5, 0.6) is 0 Å². The summed E-state index contributed by atoms with van der Waals surface area (Å²) in [5.74, 6) is -1.26. The second-order valence-electron chi connectivity index (χ2n) is 2.15. The molecule has 0 fully saturated rings. The van der Waals surface area contributed by atoms with E-state index in [0.717, 1.165) is 0 Å².